The third-order valence-corrected chi connectivity index (χ3v) is 3.63. The molecule has 0 unspecified atom stereocenters. The molecular weight excluding hydrogens is 228 g/mol. The van der Waals surface area contributed by atoms with E-state index in [1.807, 2.05) is 0 Å². The molecule has 2 rings (SSSR count). The van der Waals surface area contributed by atoms with Crippen LogP contribution in [-0.2, 0) is 0 Å². The summed E-state index contributed by atoms with van der Waals surface area (Å²) in [7, 11) is 0. The van der Waals surface area contributed by atoms with Crippen molar-refractivity contribution in [2.75, 3.05) is 0 Å². The molecule has 1 aliphatic rings. The second-order valence-electron chi connectivity index (χ2n) is 6.58. The molecule has 100 valence electrons. The van der Waals surface area contributed by atoms with Gasteiger partial charge in [0.1, 0.15) is 0 Å². The maximum atomic E-state index is 4.23. The quantitative estimate of drug-likeness (QED) is 0.641. The number of benzene rings is 1. The van der Waals surface area contributed by atoms with Crippen molar-refractivity contribution in [2.45, 2.75) is 39.5 Å². The smallest absolute Gasteiger partial charge is 0.0204 e. The van der Waals surface area contributed by atoms with Gasteiger partial charge in [0.25, 0.3) is 0 Å². The molecule has 1 aromatic rings. The van der Waals surface area contributed by atoms with Gasteiger partial charge in [0.15, 0.2) is 0 Å². The lowest BCUT2D eigenvalue weighted by molar-refractivity contribution is 0.384. The number of hydrogen-bond acceptors (Lipinski definition) is 0. The summed E-state index contributed by atoms with van der Waals surface area (Å²) in [4.78, 5) is 0. The topological polar surface area (TPSA) is 0 Å². The Morgan fingerprint density at radius 1 is 1.05 bits per heavy atom. The summed E-state index contributed by atoms with van der Waals surface area (Å²) in [5, 5.41) is 0. The van der Waals surface area contributed by atoms with Crippen LogP contribution in [0.1, 0.15) is 50.7 Å². The van der Waals surface area contributed by atoms with Gasteiger partial charge in [0, 0.05) is 5.92 Å². The van der Waals surface area contributed by atoms with Crippen molar-refractivity contribution in [3.63, 3.8) is 0 Å². The van der Waals surface area contributed by atoms with Crippen LogP contribution in [0.2, 0.25) is 0 Å². The summed E-state index contributed by atoms with van der Waals surface area (Å²) in [6, 6.07) is 8.87. The minimum atomic E-state index is 0.377. The Morgan fingerprint density at radius 3 is 2.16 bits per heavy atom. The van der Waals surface area contributed by atoms with E-state index in [1.54, 1.807) is 0 Å². The van der Waals surface area contributed by atoms with Crippen LogP contribution in [0.25, 0.3) is 5.57 Å². The van der Waals surface area contributed by atoms with Crippen LogP contribution in [0, 0.1) is 5.41 Å². The molecule has 1 aliphatic carbocycles. The van der Waals surface area contributed by atoms with Gasteiger partial charge < -0.3 is 0 Å². The summed E-state index contributed by atoms with van der Waals surface area (Å²) in [6.45, 7) is 11.1. The molecule has 0 heteroatoms. The monoisotopic (exact) mass is 252 g/mol. The standard InChI is InChI=1S/C19H24/c1-15(13-14-19(2,3)4)16-9-11-18(12-10-16)17-7-5-6-8-17/h5-12,17H,1,13-14H2,2-4H3. The number of hydrogen-bond donors (Lipinski definition) is 0. The van der Waals surface area contributed by atoms with Crippen LogP contribution in [0.5, 0.6) is 0 Å². The highest BCUT2D eigenvalue weighted by Gasteiger charge is 2.12. The highest BCUT2D eigenvalue weighted by atomic mass is 14.2. The summed E-state index contributed by atoms with van der Waals surface area (Å²) in [6.07, 6.45) is 10.9. The lowest BCUT2D eigenvalue weighted by Gasteiger charge is -2.19. The van der Waals surface area contributed by atoms with Gasteiger partial charge in [-0.3, -0.25) is 0 Å². The fourth-order valence-corrected chi connectivity index (χ4v) is 2.27. The Kier molecular flexibility index (Phi) is 4.09. The lowest BCUT2D eigenvalue weighted by Crippen LogP contribution is -2.04. The molecule has 0 fully saturated rings. The van der Waals surface area contributed by atoms with Crippen molar-refractivity contribution in [1.82, 2.24) is 0 Å². The van der Waals surface area contributed by atoms with Crippen LogP contribution in [0.3, 0.4) is 0 Å². The average molecular weight is 252 g/mol. The molecule has 0 aromatic heterocycles. The van der Waals surface area contributed by atoms with Gasteiger partial charge in [-0.1, -0.05) is 75.9 Å². The zero-order valence-electron chi connectivity index (χ0n) is 12.3. The molecule has 0 spiro atoms. The number of allylic oxidation sites excluding steroid dienone is 5. The lowest BCUT2D eigenvalue weighted by atomic mass is 9.87. The van der Waals surface area contributed by atoms with Gasteiger partial charge in [-0.2, -0.15) is 0 Å². The molecule has 1 aromatic carbocycles. The van der Waals surface area contributed by atoms with Crippen molar-refractivity contribution < 1.29 is 0 Å². The van der Waals surface area contributed by atoms with Crippen LogP contribution in [0.15, 0.2) is 55.1 Å². The fourth-order valence-electron chi connectivity index (χ4n) is 2.27. The minimum absolute atomic E-state index is 0.377. The summed E-state index contributed by atoms with van der Waals surface area (Å²) in [5.74, 6) is 0.455. The third-order valence-electron chi connectivity index (χ3n) is 3.63. The van der Waals surface area contributed by atoms with E-state index in [4.69, 9.17) is 0 Å². The van der Waals surface area contributed by atoms with Gasteiger partial charge in [-0.25, -0.2) is 0 Å². The van der Waals surface area contributed by atoms with Gasteiger partial charge in [0.2, 0.25) is 0 Å². The van der Waals surface area contributed by atoms with Crippen molar-refractivity contribution in [3.05, 3.63) is 66.3 Å². The molecule has 0 saturated heterocycles. The maximum absolute atomic E-state index is 4.23. The molecule has 19 heavy (non-hydrogen) atoms. The van der Waals surface area contributed by atoms with Crippen LogP contribution in [0.4, 0.5) is 0 Å². The van der Waals surface area contributed by atoms with Gasteiger partial charge in [-0.05, 0) is 35.0 Å². The molecule has 0 heterocycles. The van der Waals surface area contributed by atoms with Crippen molar-refractivity contribution in [1.29, 1.82) is 0 Å². The summed E-state index contributed by atoms with van der Waals surface area (Å²) in [5.41, 5.74) is 4.26. The number of rotatable bonds is 4. The molecule has 0 saturated carbocycles. The fraction of sp³-hybridized carbons (Fsp3) is 0.368. The van der Waals surface area contributed by atoms with Crippen LogP contribution >= 0.6 is 0 Å². The second-order valence-corrected chi connectivity index (χ2v) is 6.58. The summed E-state index contributed by atoms with van der Waals surface area (Å²) < 4.78 is 0. The Balaban J connectivity index is 2.00. The highest BCUT2D eigenvalue weighted by Crippen LogP contribution is 2.29. The minimum Gasteiger partial charge on any atom is -0.0952 e. The van der Waals surface area contributed by atoms with Gasteiger partial charge >= 0.3 is 0 Å². The Hall–Kier alpha value is -1.56. The van der Waals surface area contributed by atoms with Crippen LogP contribution in [-0.4, -0.2) is 0 Å². The predicted octanol–water partition coefficient (Wildman–Crippen LogP) is 5.74. The highest BCUT2D eigenvalue weighted by molar-refractivity contribution is 5.63. The molecule has 0 nitrogen and oxygen atoms in total. The SMILES string of the molecule is C=C(CCC(C)(C)C)c1ccc(C2C=CC=C2)cc1. The Labute approximate surface area is 117 Å². The molecule has 0 radical (unpaired) electrons. The van der Waals surface area contributed by atoms with Gasteiger partial charge in [-0.15, -0.1) is 0 Å². The molecule has 0 aliphatic heterocycles. The zero-order chi connectivity index (χ0) is 13.9. The third kappa shape index (κ3) is 3.96. The van der Waals surface area contributed by atoms with E-state index in [9.17, 15) is 0 Å². The van der Waals surface area contributed by atoms with E-state index < -0.39 is 0 Å². The van der Waals surface area contributed by atoms with E-state index in [-0.39, 0.29) is 0 Å². The molecule has 0 N–H and O–H groups in total. The predicted molar refractivity (Wildman–Crippen MR) is 85.2 cm³/mol. The first-order valence-electron chi connectivity index (χ1n) is 7.09. The van der Waals surface area contributed by atoms with Crippen molar-refractivity contribution in [2.24, 2.45) is 5.41 Å². The van der Waals surface area contributed by atoms with E-state index in [2.05, 4.69) is 75.9 Å². The second kappa shape index (κ2) is 5.61. The summed E-state index contributed by atoms with van der Waals surface area (Å²) >= 11 is 0. The van der Waals surface area contributed by atoms with E-state index >= 15 is 0 Å². The largest absolute Gasteiger partial charge is 0.0952 e. The molecule has 0 amide bonds. The van der Waals surface area contributed by atoms with E-state index in [1.165, 1.54) is 23.1 Å². The zero-order valence-corrected chi connectivity index (χ0v) is 12.3. The van der Waals surface area contributed by atoms with Crippen LogP contribution < -0.4 is 0 Å². The van der Waals surface area contributed by atoms with E-state index in [0.29, 0.717) is 11.3 Å². The molecule has 0 atom stereocenters. The van der Waals surface area contributed by atoms with Gasteiger partial charge in [0.05, 0.1) is 0 Å². The van der Waals surface area contributed by atoms with Crippen molar-refractivity contribution >= 4 is 5.57 Å². The molecule has 0 bridgehead atoms. The Morgan fingerprint density at radius 2 is 1.63 bits per heavy atom. The van der Waals surface area contributed by atoms with Crippen molar-refractivity contribution in [3.8, 4) is 0 Å². The normalized spacial score (nSPS) is 15.1. The van der Waals surface area contributed by atoms with E-state index in [0.717, 1.165) is 6.42 Å². The average Bonchev–Trinajstić information content (AvgIpc) is 2.89. The maximum Gasteiger partial charge on any atom is 0.0204 e. The molecular formula is C19H24. The first-order chi connectivity index (χ1) is 8.96. The first-order valence-corrected chi connectivity index (χ1v) is 7.09. The Bertz CT molecular complexity index is 480. The first kappa shape index (κ1) is 13.9.